The van der Waals surface area contributed by atoms with Gasteiger partial charge in [-0.05, 0) is 50.1 Å². The highest BCUT2D eigenvalue weighted by Crippen LogP contribution is 2.20. The van der Waals surface area contributed by atoms with Gasteiger partial charge in [0.05, 0.1) is 0 Å². The first kappa shape index (κ1) is 14.1. The van der Waals surface area contributed by atoms with E-state index in [0.717, 1.165) is 28.3 Å². The van der Waals surface area contributed by atoms with Crippen LogP contribution in [0, 0.1) is 20.8 Å². The number of pyridine rings is 1. The van der Waals surface area contributed by atoms with Gasteiger partial charge in [0.1, 0.15) is 5.75 Å². The number of aryl methyl sites for hydroxylation is 2. The monoisotopic (exact) mass is 270 g/mol. The molecule has 0 fully saturated rings. The molecule has 0 radical (unpaired) electrons. The molecule has 0 aliphatic rings. The van der Waals surface area contributed by atoms with Gasteiger partial charge in [0.2, 0.25) is 0 Å². The largest absolute Gasteiger partial charge is 0.483 e. The van der Waals surface area contributed by atoms with E-state index in [1.165, 1.54) is 0 Å². The van der Waals surface area contributed by atoms with Crippen molar-refractivity contribution in [1.29, 1.82) is 0 Å². The maximum atomic E-state index is 11.8. The number of hydrogen-bond acceptors (Lipinski definition) is 3. The van der Waals surface area contributed by atoms with Crippen LogP contribution in [0.5, 0.6) is 5.75 Å². The zero-order chi connectivity index (χ0) is 14.5. The van der Waals surface area contributed by atoms with Crippen LogP contribution in [0.2, 0.25) is 0 Å². The highest BCUT2D eigenvalue weighted by Gasteiger charge is 2.06. The molecule has 1 aromatic carbocycles. The third kappa shape index (κ3) is 3.57. The van der Waals surface area contributed by atoms with Crippen LogP contribution in [0.3, 0.4) is 0 Å². The van der Waals surface area contributed by atoms with Crippen molar-refractivity contribution in [3.05, 3.63) is 53.3 Å². The standard InChI is InChI=1S/C16H18N2O2/c1-11-5-4-6-15(13(11)3)20-10-16(19)18-14-7-8-17-12(2)9-14/h4-9H,10H2,1-3H3,(H,17,18,19). The summed E-state index contributed by atoms with van der Waals surface area (Å²) in [5.41, 5.74) is 3.79. The molecule has 104 valence electrons. The Morgan fingerprint density at radius 3 is 2.80 bits per heavy atom. The first-order valence-corrected chi connectivity index (χ1v) is 6.48. The molecule has 0 unspecified atom stereocenters. The summed E-state index contributed by atoms with van der Waals surface area (Å²) in [6.07, 6.45) is 1.66. The third-order valence-electron chi connectivity index (χ3n) is 3.09. The van der Waals surface area contributed by atoms with Gasteiger partial charge in [0.15, 0.2) is 6.61 Å². The number of hydrogen-bond donors (Lipinski definition) is 1. The molecule has 0 saturated heterocycles. The first-order valence-electron chi connectivity index (χ1n) is 6.48. The number of aromatic nitrogens is 1. The molecule has 4 nitrogen and oxygen atoms in total. The highest BCUT2D eigenvalue weighted by molar-refractivity contribution is 5.91. The summed E-state index contributed by atoms with van der Waals surface area (Å²) < 4.78 is 5.55. The van der Waals surface area contributed by atoms with Gasteiger partial charge in [-0.25, -0.2) is 0 Å². The van der Waals surface area contributed by atoms with Crippen molar-refractivity contribution in [3.63, 3.8) is 0 Å². The quantitative estimate of drug-likeness (QED) is 0.929. The Hall–Kier alpha value is -2.36. The van der Waals surface area contributed by atoms with E-state index in [-0.39, 0.29) is 12.5 Å². The van der Waals surface area contributed by atoms with Crippen molar-refractivity contribution in [1.82, 2.24) is 4.98 Å². The average molecular weight is 270 g/mol. The second kappa shape index (κ2) is 6.19. The maximum absolute atomic E-state index is 11.8. The molecule has 0 spiro atoms. The van der Waals surface area contributed by atoms with Gasteiger partial charge in [-0.3, -0.25) is 9.78 Å². The summed E-state index contributed by atoms with van der Waals surface area (Å²) in [6.45, 7) is 5.87. The topological polar surface area (TPSA) is 51.2 Å². The molecule has 1 N–H and O–H groups in total. The van der Waals surface area contributed by atoms with Gasteiger partial charge in [0, 0.05) is 17.6 Å². The molecule has 1 aromatic heterocycles. The Morgan fingerprint density at radius 2 is 2.05 bits per heavy atom. The van der Waals surface area contributed by atoms with E-state index in [1.807, 2.05) is 45.0 Å². The average Bonchev–Trinajstić information content (AvgIpc) is 2.40. The molecule has 0 aliphatic heterocycles. The first-order chi connectivity index (χ1) is 9.56. The Morgan fingerprint density at radius 1 is 1.25 bits per heavy atom. The molecule has 0 aliphatic carbocycles. The Balaban J connectivity index is 1.94. The molecule has 2 aromatic rings. The van der Waals surface area contributed by atoms with Gasteiger partial charge >= 0.3 is 0 Å². The predicted molar refractivity (Wildman–Crippen MR) is 79.0 cm³/mol. The molecule has 1 heterocycles. The lowest BCUT2D eigenvalue weighted by Gasteiger charge is -2.11. The van der Waals surface area contributed by atoms with Gasteiger partial charge < -0.3 is 10.1 Å². The number of amides is 1. The number of ether oxygens (including phenoxy) is 1. The summed E-state index contributed by atoms with van der Waals surface area (Å²) in [5, 5.41) is 2.78. The van der Waals surface area contributed by atoms with Crippen LogP contribution in [-0.4, -0.2) is 17.5 Å². The van der Waals surface area contributed by atoms with Gasteiger partial charge in [0.25, 0.3) is 5.91 Å². The SMILES string of the molecule is Cc1cc(NC(=O)COc2cccc(C)c2C)ccn1. The summed E-state index contributed by atoms with van der Waals surface area (Å²) in [4.78, 5) is 15.9. The number of benzene rings is 1. The second-order valence-electron chi connectivity index (χ2n) is 4.72. The van der Waals surface area contributed by atoms with Crippen LogP contribution in [0.15, 0.2) is 36.5 Å². The van der Waals surface area contributed by atoms with Crippen molar-refractivity contribution in [2.24, 2.45) is 0 Å². The number of rotatable bonds is 4. The Labute approximate surface area is 118 Å². The lowest BCUT2D eigenvalue weighted by atomic mass is 10.1. The van der Waals surface area contributed by atoms with Gasteiger partial charge in [-0.2, -0.15) is 0 Å². The fraction of sp³-hybridized carbons (Fsp3) is 0.250. The highest BCUT2D eigenvalue weighted by atomic mass is 16.5. The lowest BCUT2D eigenvalue weighted by Crippen LogP contribution is -2.20. The summed E-state index contributed by atoms with van der Waals surface area (Å²) in [7, 11) is 0. The molecule has 0 atom stereocenters. The van der Waals surface area contributed by atoms with Crippen molar-refractivity contribution in [2.75, 3.05) is 11.9 Å². The van der Waals surface area contributed by atoms with Crippen LogP contribution in [0.25, 0.3) is 0 Å². The molecule has 0 saturated carbocycles. The summed E-state index contributed by atoms with van der Waals surface area (Å²) in [6, 6.07) is 9.37. The normalized spacial score (nSPS) is 10.2. The van der Waals surface area contributed by atoms with Crippen molar-refractivity contribution >= 4 is 11.6 Å². The van der Waals surface area contributed by atoms with E-state index >= 15 is 0 Å². The summed E-state index contributed by atoms with van der Waals surface area (Å²) in [5.74, 6) is 0.558. The third-order valence-corrected chi connectivity index (χ3v) is 3.09. The fourth-order valence-electron chi connectivity index (χ4n) is 1.84. The van der Waals surface area contributed by atoms with E-state index in [1.54, 1.807) is 12.3 Å². The van der Waals surface area contributed by atoms with Crippen LogP contribution >= 0.6 is 0 Å². The molecular weight excluding hydrogens is 252 g/mol. The summed E-state index contributed by atoms with van der Waals surface area (Å²) >= 11 is 0. The van der Waals surface area contributed by atoms with E-state index in [4.69, 9.17) is 4.74 Å². The lowest BCUT2D eigenvalue weighted by molar-refractivity contribution is -0.118. The number of anilines is 1. The minimum atomic E-state index is -0.184. The Kier molecular flexibility index (Phi) is 4.35. The van der Waals surface area contributed by atoms with Crippen LogP contribution in [0.4, 0.5) is 5.69 Å². The maximum Gasteiger partial charge on any atom is 0.262 e. The minimum Gasteiger partial charge on any atom is -0.483 e. The van der Waals surface area contributed by atoms with E-state index in [0.29, 0.717) is 0 Å². The molecule has 0 bridgehead atoms. The smallest absolute Gasteiger partial charge is 0.262 e. The van der Waals surface area contributed by atoms with E-state index < -0.39 is 0 Å². The molecular formula is C16H18N2O2. The van der Waals surface area contributed by atoms with Crippen LogP contribution in [0.1, 0.15) is 16.8 Å². The van der Waals surface area contributed by atoms with E-state index in [9.17, 15) is 4.79 Å². The number of nitrogens with one attached hydrogen (secondary N) is 1. The minimum absolute atomic E-state index is 0.00827. The van der Waals surface area contributed by atoms with Crippen molar-refractivity contribution in [3.8, 4) is 5.75 Å². The van der Waals surface area contributed by atoms with Gasteiger partial charge in [-0.1, -0.05) is 12.1 Å². The zero-order valence-electron chi connectivity index (χ0n) is 11.9. The molecule has 1 amide bonds. The van der Waals surface area contributed by atoms with Crippen LogP contribution < -0.4 is 10.1 Å². The number of nitrogens with zero attached hydrogens (tertiary/aromatic N) is 1. The molecule has 4 heteroatoms. The fourth-order valence-corrected chi connectivity index (χ4v) is 1.84. The zero-order valence-corrected chi connectivity index (χ0v) is 11.9. The molecule has 2 rings (SSSR count). The van der Waals surface area contributed by atoms with Crippen molar-refractivity contribution < 1.29 is 9.53 Å². The van der Waals surface area contributed by atoms with Crippen molar-refractivity contribution in [2.45, 2.75) is 20.8 Å². The molecule has 20 heavy (non-hydrogen) atoms. The van der Waals surface area contributed by atoms with E-state index in [2.05, 4.69) is 10.3 Å². The number of carbonyl (C=O) groups excluding carboxylic acids is 1. The van der Waals surface area contributed by atoms with Gasteiger partial charge in [-0.15, -0.1) is 0 Å². The van der Waals surface area contributed by atoms with Crippen LogP contribution in [-0.2, 0) is 4.79 Å². The predicted octanol–water partition coefficient (Wildman–Crippen LogP) is 3.02. The Bertz CT molecular complexity index is 624. The second-order valence-corrected chi connectivity index (χ2v) is 4.72. The number of carbonyl (C=O) groups is 1.